The third-order valence-electron chi connectivity index (χ3n) is 1.42. The van der Waals surface area contributed by atoms with Crippen molar-refractivity contribution < 1.29 is 0 Å². The minimum absolute atomic E-state index is 0.286. The van der Waals surface area contributed by atoms with Gasteiger partial charge in [0.25, 0.3) is 0 Å². The van der Waals surface area contributed by atoms with Crippen LogP contribution in [0, 0.1) is 0 Å². The second-order valence-corrected chi connectivity index (χ2v) is 3.09. The molecule has 13 heavy (non-hydrogen) atoms. The van der Waals surface area contributed by atoms with Gasteiger partial charge in [-0.05, 0) is 23.6 Å². The summed E-state index contributed by atoms with van der Waals surface area (Å²) in [5.74, 6) is 0. The first kappa shape index (κ1) is 10.1. The van der Waals surface area contributed by atoms with Crippen molar-refractivity contribution >= 4 is 23.2 Å². The Hall–Kier alpha value is -0.960. The maximum atomic E-state index is 8.04. The van der Waals surface area contributed by atoms with Crippen LogP contribution in [0.15, 0.2) is 17.4 Å². The van der Waals surface area contributed by atoms with E-state index >= 15 is 0 Å². The van der Waals surface area contributed by atoms with Gasteiger partial charge in [0.1, 0.15) is 5.15 Å². The molecule has 0 aliphatic heterocycles. The molecule has 0 amide bonds. The predicted octanol–water partition coefficient (Wildman–Crippen LogP) is 3.24. The van der Waals surface area contributed by atoms with Gasteiger partial charge in [0.2, 0.25) is 0 Å². The molecule has 0 fully saturated rings. The predicted molar refractivity (Wildman–Crippen MR) is 52.0 cm³/mol. The van der Waals surface area contributed by atoms with Gasteiger partial charge in [-0.2, -0.15) is 0 Å². The molecule has 1 heterocycles. The van der Waals surface area contributed by atoms with Crippen molar-refractivity contribution in [1.82, 2.24) is 4.98 Å². The summed E-state index contributed by atoms with van der Waals surface area (Å²) in [4.78, 5) is 6.49. The Balaban J connectivity index is 2.68. The zero-order valence-electron chi connectivity index (χ0n) is 6.61. The van der Waals surface area contributed by atoms with E-state index in [9.17, 15) is 0 Å². The molecule has 0 N–H and O–H groups in total. The Morgan fingerprint density at radius 3 is 2.92 bits per heavy atom. The molecule has 4 nitrogen and oxygen atoms in total. The summed E-state index contributed by atoms with van der Waals surface area (Å²) in [6.07, 6.45) is 2.23. The Kier molecular flexibility index (Phi) is 3.83. The number of halogens is 2. The maximum absolute atomic E-state index is 8.04. The van der Waals surface area contributed by atoms with Crippen LogP contribution in [0.4, 0.5) is 0 Å². The largest absolute Gasteiger partial charge is 0.243 e. The number of hydrogen-bond donors (Lipinski definition) is 0. The summed E-state index contributed by atoms with van der Waals surface area (Å²) >= 11 is 11.3. The van der Waals surface area contributed by atoms with Crippen molar-refractivity contribution in [2.24, 2.45) is 5.11 Å². The van der Waals surface area contributed by atoms with Gasteiger partial charge in [-0.25, -0.2) is 4.98 Å². The van der Waals surface area contributed by atoms with E-state index in [4.69, 9.17) is 28.7 Å². The van der Waals surface area contributed by atoms with Gasteiger partial charge in [-0.3, -0.25) is 0 Å². The SMILES string of the molecule is [N-]=[N+]=NCCc1cnc(Cl)c(Cl)c1. The highest BCUT2D eigenvalue weighted by Gasteiger charge is 1.99. The van der Waals surface area contributed by atoms with Crippen LogP contribution in [-0.2, 0) is 6.42 Å². The van der Waals surface area contributed by atoms with Gasteiger partial charge in [-0.1, -0.05) is 28.3 Å². The lowest BCUT2D eigenvalue weighted by Crippen LogP contribution is -1.90. The second-order valence-electron chi connectivity index (χ2n) is 2.32. The van der Waals surface area contributed by atoms with Crippen LogP contribution in [0.25, 0.3) is 10.4 Å². The van der Waals surface area contributed by atoms with E-state index in [-0.39, 0.29) is 5.15 Å². The molecular formula is C7H6Cl2N4. The number of azide groups is 1. The number of rotatable bonds is 3. The first-order valence-corrected chi connectivity index (χ1v) is 4.30. The van der Waals surface area contributed by atoms with Gasteiger partial charge >= 0.3 is 0 Å². The van der Waals surface area contributed by atoms with Crippen LogP contribution in [0.3, 0.4) is 0 Å². The van der Waals surface area contributed by atoms with Crippen molar-refractivity contribution in [2.75, 3.05) is 6.54 Å². The van der Waals surface area contributed by atoms with Crippen molar-refractivity contribution in [2.45, 2.75) is 6.42 Å². The summed E-state index contributed by atoms with van der Waals surface area (Å²) in [6, 6.07) is 1.71. The lowest BCUT2D eigenvalue weighted by Gasteiger charge is -1.98. The normalized spacial score (nSPS) is 9.38. The molecule has 68 valence electrons. The summed E-state index contributed by atoms with van der Waals surface area (Å²) in [5, 5.41) is 4.10. The molecule has 0 atom stereocenters. The molecule has 0 aliphatic rings. The molecule has 0 aliphatic carbocycles. The van der Waals surface area contributed by atoms with Crippen LogP contribution in [0.1, 0.15) is 5.56 Å². The van der Waals surface area contributed by atoms with Gasteiger partial charge in [0.15, 0.2) is 0 Å². The summed E-state index contributed by atoms with van der Waals surface area (Å²) in [7, 11) is 0. The third-order valence-corrected chi connectivity index (χ3v) is 2.10. The van der Waals surface area contributed by atoms with Gasteiger partial charge in [-0.15, -0.1) is 0 Å². The third kappa shape index (κ3) is 3.11. The van der Waals surface area contributed by atoms with Gasteiger partial charge in [0.05, 0.1) is 5.02 Å². The minimum atomic E-state index is 0.286. The summed E-state index contributed by atoms with van der Waals surface area (Å²) < 4.78 is 0. The average molecular weight is 217 g/mol. The quantitative estimate of drug-likeness (QED) is 0.331. The van der Waals surface area contributed by atoms with Crippen LogP contribution in [0.2, 0.25) is 10.2 Å². The Bertz CT molecular complexity index is 346. The Morgan fingerprint density at radius 2 is 2.31 bits per heavy atom. The number of hydrogen-bond acceptors (Lipinski definition) is 2. The minimum Gasteiger partial charge on any atom is -0.243 e. The maximum Gasteiger partial charge on any atom is 0.147 e. The van der Waals surface area contributed by atoms with Crippen molar-refractivity contribution in [3.8, 4) is 0 Å². The monoisotopic (exact) mass is 216 g/mol. The Morgan fingerprint density at radius 1 is 1.54 bits per heavy atom. The van der Waals surface area contributed by atoms with Crippen LogP contribution >= 0.6 is 23.2 Å². The first-order chi connectivity index (χ1) is 6.24. The Labute approximate surface area is 85.1 Å². The van der Waals surface area contributed by atoms with E-state index in [1.807, 2.05) is 0 Å². The van der Waals surface area contributed by atoms with Crippen molar-refractivity contribution in [3.05, 3.63) is 38.4 Å². The topological polar surface area (TPSA) is 61.7 Å². The van der Waals surface area contributed by atoms with E-state index < -0.39 is 0 Å². The van der Waals surface area contributed by atoms with E-state index in [0.717, 1.165) is 5.56 Å². The molecule has 1 rings (SSSR count). The fourth-order valence-electron chi connectivity index (χ4n) is 0.821. The molecule has 0 bridgehead atoms. The summed E-state index contributed by atoms with van der Waals surface area (Å²) in [5.41, 5.74) is 8.94. The fraction of sp³-hybridized carbons (Fsp3) is 0.286. The van der Waals surface area contributed by atoms with Crippen LogP contribution in [0.5, 0.6) is 0 Å². The van der Waals surface area contributed by atoms with Crippen molar-refractivity contribution in [1.29, 1.82) is 0 Å². The highest BCUT2D eigenvalue weighted by Crippen LogP contribution is 2.19. The highest BCUT2D eigenvalue weighted by atomic mass is 35.5. The van der Waals surface area contributed by atoms with Gasteiger partial charge < -0.3 is 0 Å². The van der Waals surface area contributed by atoms with Gasteiger partial charge in [0, 0.05) is 17.7 Å². The molecule has 0 unspecified atom stereocenters. The first-order valence-electron chi connectivity index (χ1n) is 3.55. The number of pyridine rings is 1. The van der Waals surface area contributed by atoms with Crippen molar-refractivity contribution in [3.63, 3.8) is 0 Å². The molecule has 0 radical (unpaired) electrons. The molecule has 1 aromatic heterocycles. The smallest absolute Gasteiger partial charge is 0.147 e. The molecule has 0 spiro atoms. The van der Waals surface area contributed by atoms with Crippen LogP contribution in [-0.4, -0.2) is 11.5 Å². The average Bonchev–Trinajstić information content (AvgIpc) is 2.12. The molecule has 0 saturated carbocycles. The molecule has 0 aromatic carbocycles. The zero-order valence-corrected chi connectivity index (χ0v) is 8.13. The number of aromatic nitrogens is 1. The van der Waals surface area contributed by atoms with E-state index in [1.165, 1.54) is 0 Å². The molecule has 0 saturated heterocycles. The zero-order chi connectivity index (χ0) is 9.68. The van der Waals surface area contributed by atoms with E-state index in [1.54, 1.807) is 12.3 Å². The molecule has 1 aromatic rings. The second kappa shape index (κ2) is 4.92. The lowest BCUT2D eigenvalue weighted by atomic mass is 10.2. The van der Waals surface area contributed by atoms with E-state index in [2.05, 4.69) is 15.0 Å². The standard InChI is InChI=1S/C7H6Cl2N4/c8-6-3-5(1-2-12-13-10)4-11-7(6)9/h3-4H,1-2H2. The number of nitrogens with zero attached hydrogens (tertiary/aromatic N) is 4. The molecular weight excluding hydrogens is 211 g/mol. The summed E-state index contributed by atoms with van der Waals surface area (Å²) in [6.45, 7) is 0.399. The fourth-order valence-corrected chi connectivity index (χ4v) is 1.11. The van der Waals surface area contributed by atoms with E-state index in [0.29, 0.717) is 18.0 Å². The highest BCUT2D eigenvalue weighted by molar-refractivity contribution is 6.41. The van der Waals surface area contributed by atoms with Crippen LogP contribution < -0.4 is 0 Å². The molecule has 6 heteroatoms. The lowest BCUT2D eigenvalue weighted by molar-refractivity contribution is 0.947.